The van der Waals surface area contributed by atoms with Gasteiger partial charge in [0.15, 0.2) is 0 Å². The number of rotatable bonds is 7. The molecule has 1 aliphatic carbocycles. The van der Waals surface area contributed by atoms with Crippen molar-refractivity contribution >= 4 is 28.9 Å². The minimum Gasteiger partial charge on any atom is -0.477 e. The van der Waals surface area contributed by atoms with Crippen LogP contribution in [0.15, 0.2) is 85.2 Å². The molecule has 2 fully saturated rings. The number of hydrogen-bond donors (Lipinski definition) is 1. The highest BCUT2D eigenvalue weighted by molar-refractivity contribution is 7.17. The van der Waals surface area contributed by atoms with E-state index < -0.39 is 5.97 Å². The molecule has 2 aliphatic rings. The number of carbonyl (C=O) groups excluding carboxylic acids is 1. The highest BCUT2D eigenvalue weighted by atomic mass is 32.1. The van der Waals surface area contributed by atoms with E-state index in [-0.39, 0.29) is 11.9 Å². The fourth-order valence-corrected chi connectivity index (χ4v) is 7.04. The van der Waals surface area contributed by atoms with Gasteiger partial charge in [-0.15, -0.1) is 11.3 Å². The molecule has 6 nitrogen and oxygen atoms in total. The van der Waals surface area contributed by atoms with Crippen molar-refractivity contribution in [2.75, 3.05) is 18.0 Å². The Balaban J connectivity index is 1.27. The van der Waals surface area contributed by atoms with Gasteiger partial charge in [0.2, 0.25) is 5.91 Å². The summed E-state index contributed by atoms with van der Waals surface area (Å²) in [5.74, 6) is -0.307. The van der Waals surface area contributed by atoms with Gasteiger partial charge in [-0.2, -0.15) is 0 Å². The van der Waals surface area contributed by atoms with E-state index >= 15 is 0 Å². The lowest BCUT2D eigenvalue weighted by Crippen LogP contribution is -2.59. The van der Waals surface area contributed by atoms with Crippen LogP contribution < -0.4 is 4.90 Å². The number of thiophene rings is 1. The van der Waals surface area contributed by atoms with E-state index in [2.05, 4.69) is 44.7 Å². The predicted octanol–water partition coefficient (Wildman–Crippen LogP) is 6.70. The Bertz CT molecular complexity index is 1450. The van der Waals surface area contributed by atoms with Crippen LogP contribution in [0, 0.1) is 5.92 Å². The van der Waals surface area contributed by atoms with Crippen LogP contribution in [0.2, 0.25) is 0 Å². The van der Waals surface area contributed by atoms with E-state index in [1.54, 1.807) is 6.07 Å². The summed E-state index contributed by atoms with van der Waals surface area (Å²) < 4.78 is 2.11. The largest absolute Gasteiger partial charge is 0.477 e. The summed E-state index contributed by atoms with van der Waals surface area (Å²) in [6.07, 6.45) is 10.1. The average Bonchev–Trinajstić information content (AvgIpc) is 3.67. The van der Waals surface area contributed by atoms with Gasteiger partial charge in [-0.3, -0.25) is 9.69 Å². The second-order valence-corrected chi connectivity index (χ2v) is 11.8. The fraction of sp³-hybridized carbons (Fsp3) is 0.312. The zero-order valence-corrected chi connectivity index (χ0v) is 22.7. The van der Waals surface area contributed by atoms with Crippen molar-refractivity contribution in [2.24, 2.45) is 5.92 Å². The summed E-state index contributed by atoms with van der Waals surface area (Å²) in [4.78, 5) is 30.8. The van der Waals surface area contributed by atoms with Gasteiger partial charge in [0, 0.05) is 41.7 Å². The molecular weight excluding hydrogens is 506 g/mol. The molecular formula is C32H33N3O3S. The standard InChI is InChI=1S/C32H33N3O3S/c36-31-22-33(20-23-8-6-12-26(18-23)34-16-4-5-17-34)21-28(24-9-2-1-3-10-24)35(31)27-13-7-11-25(19-27)29-14-15-30(39-29)32(37)38/h4-8,11-19,24,28H,1-3,9-10,20-22H2,(H,37,38). The molecule has 0 radical (unpaired) electrons. The van der Waals surface area contributed by atoms with E-state index in [0.717, 1.165) is 47.7 Å². The third kappa shape index (κ3) is 5.56. The Morgan fingerprint density at radius 3 is 2.44 bits per heavy atom. The van der Waals surface area contributed by atoms with E-state index in [9.17, 15) is 14.7 Å². The van der Waals surface area contributed by atoms with E-state index in [1.165, 1.54) is 36.2 Å². The van der Waals surface area contributed by atoms with Crippen molar-refractivity contribution in [3.8, 4) is 16.1 Å². The maximum Gasteiger partial charge on any atom is 0.345 e. The van der Waals surface area contributed by atoms with Gasteiger partial charge in [0.25, 0.3) is 0 Å². The monoisotopic (exact) mass is 539 g/mol. The molecule has 4 aromatic rings. The number of carboxylic acids is 1. The normalized spacial score (nSPS) is 18.9. The van der Waals surface area contributed by atoms with Crippen LogP contribution in [-0.4, -0.2) is 45.6 Å². The molecule has 1 saturated carbocycles. The van der Waals surface area contributed by atoms with Crippen LogP contribution >= 0.6 is 11.3 Å². The number of benzene rings is 2. The molecule has 39 heavy (non-hydrogen) atoms. The van der Waals surface area contributed by atoms with Crippen LogP contribution in [0.3, 0.4) is 0 Å². The van der Waals surface area contributed by atoms with E-state index in [1.807, 2.05) is 48.8 Å². The Hall–Kier alpha value is -3.68. The first kappa shape index (κ1) is 25.6. The lowest BCUT2D eigenvalue weighted by Gasteiger charge is -2.45. The maximum absolute atomic E-state index is 13.8. The first-order chi connectivity index (χ1) is 19.0. The Kier molecular flexibility index (Phi) is 7.35. The molecule has 1 atom stereocenters. The van der Waals surface area contributed by atoms with Crippen LogP contribution in [0.1, 0.15) is 47.3 Å². The van der Waals surface area contributed by atoms with Crippen LogP contribution in [0.4, 0.5) is 5.69 Å². The molecule has 6 rings (SSSR count). The molecule has 2 aromatic heterocycles. The molecule has 7 heteroatoms. The van der Waals surface area contributed by atoms with Gasteiger partial charge in [0.05, 0.1) is 12.6 Å². The lowest BCUT2D eigenvalue weighted by molar-refractivity contribution is -0.123. The van der Waals surface area contributed by atoms with Crippen LogP contribution in [-0.2, 0) is 11.3 Å². The first-order valence-corrected chi connectivity index (χ1v) is 14.6. The zero-order valence-electron chi connectivity index (χ0n) is 21.9. The highest BCUT2D eigenvalue weighted by Crippen LogP contribution is 2.37. The van der Waals surface area contributed by atoms with E-state index in [0.29, 0.717) is 17.3 Å². The lowest BCUT2D eigenvalue weighted by atomic mass is 9.82. The number of hydrogen-bond acceptors (Lipinski definition) is 4. The number of nitrogens with zero attached hydrogens (tertiary/aromatic N) is 3. The van der Waals surface area contributed by atoms with Crippen molar-refractivity contribution in [3.63, 3.8) is 0 Å². The van der Waals surface area contributed by atoms with Crippen molar-refractivity contribution in [2.45, 2.75) is 44.7 Å². The third-order valence-electron chi connectivity index (χ3n) is 8.04. The summed E-state index contributed by atoms with van der Waals surface area (Å²) in [7, 11) is 0. The number of carbonyl (C=O) groups is 2. The highest BCUT2D eigenvalue weighted by Gasteiger charge is 2.38. The van der Waals surface area contributed by atoms with Crippen LogP contribution in [0.25, 0.3) is 16.1 Å². The summed E-state index contributed by atoms with van der Waals surface area (Å²) in [6.45, 7) is 1.96. The quantitative estimate of drug-likeness (QED) is 0.284. The molecule has 200 valence electrons. The fourth-order valence-electron chi connectivity index (χ4n) is 6.20. The number of aromatic nitrogens is 1. The average molecular weight is 540 g/mol. The van der Waals surface area contributed by atoms with Gasteiger partial charge < -0.3 is 14.6 Å². The molecule has 2 aromatic carbocycles. The van der Waals surface area contributed by atoms with Crippen molar-refractivity contribution in [3.05, 3.63) is 95.6 Å². The minimum absolute atomic E-state index is 0.118. The number of amides is 1. The Morgan fingerprint density at radius 1 is 0.897 bits per heavy atom. The number of carboxylic acid groups (broad SMARTS) is 1. The molecule has 3 heterocycles. The van der Waals surface area contributed by atoms with Crippen LogP contribution in [0.5, 0.6) is 0 Å². The number of aromatic carboxylic acids is 1. The van der Waals surface area contributed by atoms with Gasteiger partial charge in [0.1, 0.15) is 4.88 Å². The Morgan fingerprint density at radius 2 is 1.67 bits per heavy atom. The predicted molar refractivity (Wildman–Crippen MR) is 156 cm³/mol. The second-order valence-electron chi connectivity index (χ2n) is 10.7. The smallest absolute Gasteiger partial charge is 0.345 e. The van der Waals surface area contributed by atoms with Crippen molar-refractivity contribution in [1.29, 1.82) is 0 Å². The van der Waals surface area contributed by atoms with Crippen molar-refractivity contribution < 1.29 is 14.7 Å². The molecule has 0 bridgehead atoms. The SMILES string of the molecule is O=C(O)c1ccc(-c2cccc(N3C(=O)CN(Cc4cccc(-n5cccc5)c4)CC3C3CCCCC3)c2)s1. The molecule has 1 N–H and O–H groups in total. The molecule has 1 amide bonds. The first-order valence-electron chi connectivity index (χ1n) is 13.8. The van der Waals surface area contributed by atoms with Gasteiger partial charge in [-0.1, -0.05) is 43.5 Å². The Labute approximate surface area is 233 Å². The van der Waals surface area contributed by atoms with Gasteiger partial charge >= 0.3 is 5.97 Å². The third-order valence-corrected chi connectivity index (χ3v) is 9.17. The molecule has 1 saturated heterocycles. The van der Waals surface area contributed by atoms with Gasteiger partial charge in [-0.25, -0.2) is 4.79 Å². The second kappa shape index (κ2) is 11.2. The molecule has 1 aliphatic heterocycles. The summed E-state index contributed by atoms with van der Waals surface area (Å²) in [5.41, 5.74) is 4.19. The van der Waals surface area contributed by atoms with Crippen molar-refractivity contribution in [1.82, 2.24) is 9.47 Å². The summed E-state index contributed by atoms with van der Waals surface area (Å²) in [6, 6.07) is 24.3. The summed E-state index contributed by atoms with van der Waals surface area (Å²) >= 11 is 1.27. The maximum atomic E-state index is 13.8. The molecule has 1 unspecified atom stereocenters. The number of piperazine rings is 1. The zero-order chi connectivity index (χ0) is 26.8. The van der Waals surface area contributed by atoms with Gasteiger partial charge in [-0.05, 0) is 78.4 Å². The minimum atomic E-state index is -0.912. The number of anilines is 1. The topological polar surface area (TPSA) is 65.8 Å². The molecule has 0 spiro atoms. The summed E-state index contributed by atoms with van der Waals surface area (Å²) in [5, 5.41) is 9.36. The van der Waals surface area contributed by atoms with E-state index in [4.69, 9.17) is 0 Å².